The van der Waals surface area contributed by atoms with Crippen molar-refractivity contribution >= 4 is 0 Å². The number of hydrogen-bond donors (Lipinski definition) is 1. The summed E-state index contributed by atoms with van der Waals surface area (Å²) in [7, 11) is 0. The maximum Gasteiger partial charge on any atom is 0.0897 e. The van der Waals surface area contributed by atoms with Crippen LogP contribution in [0.2, 0.25) is 0 Å². The topological polar surface area (TPSA) is 23.5 Å². The van der Waals surface area contributed by atoms with Crippen molar-refractivity contribution in [3.63, 3.8) is 0 Å². The highest BCUT2D eigenvalue weighted by atomic mass is 16.3. The zero-order valence-corrected chi connectivity index (χ0v) is 10.5. The SMILES string of the molecule is CCC1(O)CN(Cc2cc(C)cc(C)c2)C1. The minimum atomic E-state index is -0.418. The van der Waals surface area contributed by atoms with E-state index in [9.17, 15) is 5.11 Å². The van der Waals surface area contributed by atoms with Gasteiger partial charge in [-0.2, -0.15) is 0 Å². The molecule has 0 bridgehead atoms. The molecule has 2 nitrogen and oxygen atoms in total. The number of aryl methyl sites for hydroxylation is 2. The third-order valence-electron chi connectivity index (χ3n) is 3.38. The molecule has 0 unspecified atom stereocenters. The molecule has 0 aromatic heterocycles. The molecule has 0 saturated carbocycles. The Hall–Kier alpha value is -0.860. The summed E-state index contributed by atoms with van der Waals surface area (Å²) in [4.78, 5) is 2.30. The molecule has 1 aliphatic heterocycles. The standard InChI is InChI=1S/C14H21NO/c1-4-14(16)9-15(10-14)8-13-6-11(2)5-12(3)7-13/h5-7,16H,4,8-10H2,1-3H3. The van der Waals surface area contributed by atoms with Crippen LogP contribution < -0.4 is 0 Å². The number of aliphatic hydroxyl groups is 1. The van der Waals surface area contributed by atoms with E-state index in [1.54, 1.807) is 0 Å². The lowest BCUT2D eigenvalue weighted by Crippen LogP contribution is -2.60. The molecule has 16 heavy (non-hydrogen) atoms. The summed E-state index contributed by atoms with van der Waals surface area (Å²) in [5, 5.41) is 9.93. The summed E-state index contributed by atoms with van der Waals surface area (Å²) < 4.78 is 0. The van der Waals surface area contributed by atoms with Crippen molar-refractivity contribution in [1.82, 2.24) is 4.90 Å². The molecule has 88 valence electrons. The highest BCUT2D eigenvalue weighted by molar-refractivity contribution is 5.28. The van der Waals surface area contributed by atoms with Gasteiger partial charge >= 0.3 is 0 Å². The molecule has 1 fully saturated rings. The third kappa shape index (κ3) is 2.45. The van der Waals surface area contributed by atoms with Gasteiger partial charge in [0.05, 0.1) is 5.60 Å². The van der Waals surface area contributed by atoms with Crippen LogP contribution in [0.1, 0.15) is 30.0 Å². The monoisotopic (exact) mass is 219 g/mol. The van der Waals surface area contributed by atoms with Crippen LogP contribution in [0.4, 0.5) is 0 Å². The maximum atomic E-state index is 9.93. The summed E-state index contributed by atoms with van der Waals surface area (Å²) in [5.74, 6) is 0. The summed E-state index contributed by atoms with van der Waals surface area (Å²) >= 11 is 0. The van der Waals surface area contributed by atoms with Gasteiger partial charge in [-0.05, 0) is 25.8 Å². The average molecular weight is 219 g/mol. The highest BCUT2D eigenvalue weighted by Gasteiger charge is 2.38. The zero-order chi connectivity index (χ0) is 11.8. The number of nitrogens with zero attached hydrogens (tertiary/aromatic N) is 1. The lowest BCUT2D eigenvalue weighted by Gasteiger charge is -2.46. The van der Waals surface area contributed by atoms with Crippen molar-refractivity contribution in [3.8, 4) is 0 Å². The number of β-amino-alcohol motifs (C(OH)–C–C–N with tert-alkyl or cyclic N) is 1. The van der Waals surface area contributed by atoms with Gasteiger partial charge in [-0.3, -0.25) is 4.90 Å². The summed E-state index contributed by atoms with van der Waals surface area (Å²) in [5.41, 5.74) is 3.58. The Morgan fingerprint density at radius 1 is 1.19 bits per heavy atom. The Kier molecular flexibility index (Phi) is 3.04. The fourth-order valence-electron chi connectivity index (χ4n) is 2.54. The lowest BCUT2D eigenvalue weighted by atomic mass is 9.91. The van der Waals surface area contributed by atoms with Crippen LogP contribution in [-0.2, 0) is 6.54 Å². The molecule has 0 atom stereocenters. The van der Waals surface area contributed by atoms with Gasteiger partial charge in [0.1, 0.15) is 0 Å². The Balaban J connectivity index is 1.96. The van der Waals surface area contributed by atoms with Crippen LogP contribution in [0, 0.1) is 13.8 Å². The molecular weight excluding hydrogens is 198 g/mol. The van der Waals surface area contributed by atoms with Gasteiger partial charge in [0, 0.05) is 19.6 Å². The molecule has 0 spiro atoms. The van der Waals surface area contributed by atoms with Crippen LogP contribution in [0.5, 0.6) is 0 Å². The molecule has 0 radical (unpaired) electrons. The van der Waals surface area contributed by atoms with Crippen LogP contribution >= 0.6 is 0 Å². The fourth-order valence-corrected chi connectivity index (χ4v) is 2.54. The molecule has 1 aromatic rings. The lowest BCUT2D eigenvalue weighted by molar-refractivity contribution is -0.103. The van der Waals surface area contributed by atoms with E-state index in [0.29, 0.717) is 0 Å². The molecule has 0 amide bonds. The van der Waals surface area contributed by atoms with Crippen LogP contribution in [0.25, 0.3) is 0 Å². The molecular formula is C14H21NO. The molecule has 1 saturated heterocycles. The predicted octanol–water partition coefficient (Wildman–Crippen LogP) is 2.26. The number of likely N-dealkylation sites (tertiary alicyclic amines) is 1. The van der Waals surface area contributed by atoms with E-state index in [2.05, 4.69) is 36.9 Å². The fraction of sp³-hybridized carbons (Fsp3) is 0.571. The molecule has 1 aliphatic rings. The zero-order valence-electron chi connectivity index (χ0n) is 10.5. The Bertz CT molecular complexity index is 360. The average Bonchev–Trinajstić information content (AvgIpc) is 2.13. The van der Waals surface area contributed by atoms with Gasteiger partial charge in [-0.1, -0.05) is 36.2 Å². The van der Waals surface area contributed by atoms with Gasteiger partial charge in [0.25, 0.3) is 0 Å². The van der Waals surface area contributed by atoms with Gasteiger partial charge in [0.2, 0.25) is 0 Å². The molecule has 1 heterocycles. The van der Waals surface area contributed by atoms with Gasteiger partial charge in [0.15, 0.2) is 0 Å². The van der Waals surface area contributed by atoms with Crippen molar-refractivity contribution < 1.29 is 5.11 Å². The second kappa shape index (κ2) is 4.19. The molecule has 0 aliphatic carbocycles. The largest absolute Gasteiger partial charge is 0.387 e. The first-order valence-corrected chi connectivity index (χ1v) is 6.03. The Morgan fingerprint density at radius 3 is 2.25 bits per heavy atom. The maximum absolute atomic E-state index is 9.93. The first-order valence-electron chi connectivity index (χ1n) is 6.03. The highest BCUT2D eigenvalue weighted by Crippen LogP contribution is 2.26. The second-order valence-corrected chi connectivity index (χ2v) is 5.22. The molecule has 1 aromatic carbocycles. The number of hydrogen-bond acceptors (Lipinski definition) is 2. The van der Waals surface area contributed by atoms with E-state index in [4.69, 9.17) is 0 Å². The van der Waals surface area contributed by atoms with Gasteiger partial charge < -0.3 is 5.11 Å². The molecule has 2 heteroatoms. The van der Waals surface area contributed by atoms with Gasteiger partial charge in [-0.25, -0.2) is 0 Å². The minimum absolute atomic E-state index is 0.418. The van der Waals surface area contributed by atoms with E-state index in [-0.39, 0.29) is 0 Å². The van der Waals surface area contributed by atoms with Crippen LogP contribution in [0.15, 0.2) is 18.2 Å². The van der Waals surface area contributed by atoms with E-state index in [0.717, 1.165) is 26.1 Å². The predicted molar refractivity (Wildman–Crippen MR) is 66.4 cm³/mol. The number of rotatable bonds is 3. The smallest absolute Gasteiger partial charge is 0.0897 e. The summed E-state index contributed by atoms with van der Waals surface area (Å²) in [6.45, 7) is 8.91. The van der Waals surface area contributed by atoms with Crippen LogP contribution in [-0.4, -0.2) is 28.7 Å². The van der Waals surface area contributed by atoms with Crippen LogP contribution in [0.3, 0.4) is 0 Å². The summed E-state index contributed by atoms with van der Waals surface area (Å²) in [6.07, 6.45) is 0.857. The normalized spacial score (nSPS) is 19.5. The van der Waals surface area contributed by atoms with Crippen molar-refractivity contribution in [2.45, 2.75) is 39.3 Å². The quantitative estimate of drug-likeness (QED) is 0.843. The first kappa shape index (κ1) is 11.6. The van der Waals surface area contributed by atoms with E-state index < -0.39 is 5.60 Å². The van der Waals surface area contributed by atoms with Crippen molar-refractivity contribution in [3.05, 3.63) is 34.9 Å². The Labute approximate surface area is 97.9 Å². The van der Waals surface area contributed by atoms with E-state index in [1.807, 2.05) is 6.92 Å². The molecule has 2 rings (SSSR count). The summed E-state index contributed by atoms with van der Waals surface area (Å²) in [6, 6.07) is 6.66. The van der Waals surface area contributed by atoms with E-state index >= 15 is 0 Å². The first-order chi connectivity index (χ1) is 7.50. The Morgan fingerprint density at radius 2 is 1.75 bits per heavy atom. The second-order valence-electron chi connectivity index (χ2n) is 5.22. The third-order valence-corrected chi connectivity index (χ3v) is 3.38. The minimum Gasteiger partial charge on any atom is -0.387 e. The van der Waals surface area contributed by atoms with Gasteiger partial charge in [-0.15, -0.1) is 0 Å². The molecule has 1 N–H and O–H groups in total. The van der Waals surface area contributed by atoms with Crippen molar-refractivity contribution in [2.75, 3.05) is 13.1 Å². The van der Waals surface area contributed by atoms with E-state index in [1.165, 1.54) is 16.7 Å². The number of benzene rings is 1. The van der Waals surface area contributed by atoms with Crippen molar-refractivity contribution in [1.29, 1.82) is 0 Å². The van der Waals surface area contributed by atoms with Crippen molar-refractivity contribution in [2.24, 2.45) is 0 Å².